The number of aliphatic hydroxyl groups excluding tert-OH is 1. The molecule has 4 heteroatoms. The molecular weight excluding hydrogens is 334 g/mol. The maximum atomic E-state index is 10.3. The van der Waals surface area contributed by atoms with Gasteiger partial charge in [-0.15, -0.1) is 0 Å². The first kappa shape index (κ1) is 19.3. The Bertz CT molecular complexity index is 792. The monoisotopic (exact) mass is 356 g/mol. The summed E-state index contributed by atoms with van der Waals surface area (Å²) in [5, 5.41) is 16.0. The predicted octanol–water partition coefficient (Wildman–Crippen LogP) is 1.07. The molecular formula is C21H23ClNO2-. The summed E-state index contributed by atoms with van der Waals surface area (Å²) in [4.78, 5) is 0. The molecule has 0 aliphatic heterocycles. The topological polar surface area (TPSA) is 41.5 Å². The molecule has 0 radical (unpaired) electrons. The smallest absolute Gasteiger partial charge is 0.124 e. The Labute approximate surface area is 155 Å². The molecule has 0 saturated carbocycles. The van der Waals surface area contributed by atoms with Crippen molar-refractivity contribution in [1.29, 1.82) is 0 Å². The van der Waals surface area contributed by atoms with Crippen LogP contribution in [0.5, 0.6) is 5.75 Å². The highest BCUT2D eigenvalue weighted by Crippen LogP contribution is 2.28. The van der Waals surface area contributed by atoms with Gasteiger partial charge in [-0.3, -0.25) is 0 Å². The zero-order valence-corrected chi connectivity index (χ0v) is 15.0. The molecule has 3 aromatic rings. The molecule has 0 fully saturated rings. The van der Waals surface area contributed by atoms with E-state index in [1.165, 1.54) is 10.8 Å². The Morgan fingerprint density at radius 2 is 1.68 bits per heavy atom. The third-order valence-electron chi connectivity index (χ3n) is 4.12. The van der Waals surface area contributed by atoms with E-state index in [1.54, 1.807) is 0 Å². The fourth-order valence-corrected chi connectivity index (χ4v) is 2.92. The number of aliphatic hydroxyl groups is 1. The van der Waals surface area contributed by atoms with Gasteiger partial charge in [-0.1, -0.05) is 60.7 Å². The van der Waals surface area contributed by atoms with E-state index in [0.717, 1.165) is 16.9 Å². The van der Waals surface area contributed by atoms with E-state index < -0.39 is 6.10 Å². The van der Waals surface area contributed by atoms with Crippen LogP contribution in [-0.4, -0.2) is 18.3 Å². The highest BCUT2D eigenvalue weighted by Gasteiger charge is 2.10. The summed E-state index contributed by atoms with van der Waals surface area (Å²) in [6.45, 7) is 3.78. The number of fused-ring (bicyclic) bond motifs is 1. The van der Waals surface area contributed by atoms with Crippen LogP contribution in [0, 0.1) is 0 Å². The molecule has 2 N–H and O–H groups in total. The molecule has 3 rings (SSSR count). The summed E-state index contributed by atoms with van der Waals surface area (Å²) in [7, 11) is 0. The number of ether oxygens (including phenoxy) is 1. The van der Waals surface area contributed by atoms with E-state index in [9.17, 15) is 5.11 Å². The normalized spacial score (nSPS) is 11.8. The lowest BCUT2D eigenvalue weighted by Gasteiger charge is -2.16. The molecule has 0 amide bonds. The molecule has 132 valence electrons. The van der Waals surface area contributed by atoms with Crippen molar-refractivity contribution in [2.24, 2.45) is 0 Å². The first-order valence-electron chi connectivity index (χ1n) is 8.36. The zero-order valence-electron chi connectivity index (χ0n) is 14.3. The van der Waals surface area contributed by atoms with Gasteiger partial charge in [-0.2, -0.15) is 0 Å². The summed E-state index contributed by atoms with van der Waals surface area (Å²) in [6, 6.07) is 22.1. The number of halogens is 1. The van der Waals surface area contributed by atoms with Gasteiger partial charge in [0.1, 0.15) is 5.75 Å². The molecule has 25 heavy (non-hydrogen) atoms. The number of hydrogen-bond acceptors (Lipinski definition) is 3. The van der Waals surface area contributed by atoms with Crippen LogP contribution in [0.1, 0.15) is 24.2 Å². The van der Waals surface area contributed by atoms with Crippen LogP contribution in [0.3, 0.4) is 0 Å². The number of hydrogen-bond donors (Lipinski definition) is 2. The first-order valence-corrected chi connectivity index (χ1v) is 8.36. The molecule has 0 bridgehead atoms. The predicted molar refractivity (Wildman–Crippen MR) is 98.2 cm³/mol. The van der Waals surface area contributed by atoms with Gasteiger partial charge in [-0.25, -0.2) is 0 Å². The largest absolute Gasteiger partial charge is 1.00 e. The average molecular weight is 357 g/mol. The molecule has 3 aromatic carbocycles. The van der Waals surface area contributed by atoms with Crippen molar-refractivity contribution in [3.05, 3.63) is 77.9 Å². The van der Waals surface area contributed by atoms with Crippen molar-refractivity contribution in [2.75, 3.05) is 13.2 Å². The molecule has 1 atom stereocenters. The number of benzene rings is 3. The summed E-state index contributed by atoms with van der Waals surface area (Å²) in [5.41, 5.74) is 2.06. The van der Waals surface area contributed by atoms with Crippen molar-refractivity contribution in [2.45, 2.75) is 19.6 Å². The van der Waals surface area contributed by atoms with Gasteiger partial charge in [-0.05, 0) is 29.3 Å². The zero-order chi connectivity index (χ0) is 16.8. The van der Waals surface area contributed by atoms with Crippen LogP contribution >= 0.6 is 0 Å². The van der Waals surface area contributed by atoms with Crippen LogP contribution in [0.4, 0.5) is 0 Å². The molecule has 0 aromatic heterocycles. The van der Waals surface area contributed by atoms with Gasteiger partial charge in [0.05, 0.1) is 12.7 Å². The lowest BCUT2D eigenvalue weighted by Crippen LogP contribution is -3.00. The second kappa shape index (κ2) is 9.42. The van der Waals surface area contributed by atoms with Crippen LogP contribution in [0.2, 0.25) is 0 Å². The number of nitrogens with one attached hydrogen (secondary N) is 1. The molecule has 0 spiro atoms. The van der Waals surface area contributed by atoms with E-state index in [1.807, 2.05) is 55.5 Å². The van der Waals surface area contributed by atoms with Gasteiger partial charge >= 0.3 is 0 Å². The summed E-state index contributed by atoms with van der Waals surface area (Å²) < 4.78 is 5.78. The lowest BCUT2D eigenvalue weighted by atomic mass is 10.0. The fraction of sp³-hybridized carbons (Fsp3) is 0.238. The minimum atomic E-state index is -0.517. The van der Waals surface area contributed by atoms with Crippen molar-refractivity contribution >= 4 is 10.8 Å². The van der Waals surface area contributed by atoms with Gasteiger partial charge in [0.15, 0.2) is 0 Å². The maximum absolute atomic E-state index is 10.3. The van der Waals surface area contributed by atoms with Crippen LogP contribution in [0.15, 0.2) is 66.7 Å². The molecule has 0 aliphatic rings. The third kappa shape index (κ3) is 4.73. The molecule has 0 saturated heterocycles. The Morgan fingerprint density at radius 3 is 2.44 bits per heavy atom. The summed E-state index contributed by atoms with van der Waals surface area (Å²) in [5.74, 6) is 0.901. The molecule has 0 heterocycles. The third-order valence-corrected chi connectivity index (χ3v) is 4.12. The SMILES string of the molecule is CCOc1ccc2ccccc2c1CNCC(O)c1ccccc1.[Cl-]. The summed E-state index contributed by atoms with van der Waals surface area (Å²) >= 11 is 0. The average Bonchev–Trinajstić information content (AvgIpc) is 2.64. The first-order chi connectivity index (χ1) is 11.8. The van der Waals surface area contributed by atoms with Gasteiger partial charge in [0, 0.05) is 18.7 Å². The van der Waals surface area contributed by atoms with E-state index >= 15 is 0 Å². The minimum absolute atomic E-state index is 0. The van der Waals surface area contributed by atoms with Gasteiger partial charge < -0.3 is 27.6 Å². The second-order valence-corrected chi connectivity index (χ2v) is 5.75. The fourth-order valence-electron chi connectivity index (χ4n) is 2.92. The van der Waals surface area contributed by atoms with Gasteiger partial charge in [0.25, 0.3) is 0 Å². The standard InChI is InChI=1S/C21H23NO2.ClH/c1-2-24-21-13-12-16-8-6-7-11-18(16)19(21)14-22-15-20(23)17-9-4-3-5-10-17;/h3-13,20,22-23H,2,14-15H2,1H3;1H/p-1. The van der Waals surface area contributed by atoms with Crippen molar-refractivity contribution in [3.63, 3.8) is 0 Å². The Kier molecular flexibility index (Phi) is 7.26. The van der Waals surface area contributed by atoms with Crippen LogP contribution < -0.4 is 22.5 Å². The Balaban J connectivity index is 0.00000225. The number of rotatable bonds is 7. The Hall–Kier alpha value is -2.07. The highest BCUT2D eigenvalue weighted by atomic mass is 35.5. The van der Waals surface area contributed by atoms with E-state index in [-0.39, 0.29) is 12.4 Å². The van der Waals surface area contributed by atoms with Crippen LogP contribution in [0.25, 0.3) is 10.8 Å². The lowest BCUT2D eigenvalue weighted by molar-refractivity contribution is -0.00000698. The van der Waals surface area contributed by atoms with Crippen molar-refractivity contribution in [1.82, 2.24) is 5.32 Å². The second-order valence-electron chi connectivity index (χ2n) is 5.75. The summed E-state index contributed by atoms with van der Waals surface area (Å²) in [6.07, 6.45) is -0.517. The molecule has 1 unspecified atom stereocenters. The Morgan fingerprint density at radius 1 is 0.960 bits per heavy atom. The minimum Gasteiger partial charge on any atom is -1.00 e. The van der Waals surface area contributed by atoms with Crippen LogP contribution in [-0.2, 0) is 6.54 Å². The van der Waals surface area contributed by atoms with E-state index in [0.29, 0.717) is 19.7 Å². The van der Waals surface area contributed by atoms with Crippen molar-refractivity contribution in [3.8, 4) is 5.75 Å². The highest BCUT2D eigenvalue weighted by molar-refractivity contribution is 5.87. The van der Waals surface area contributed by atoms with E-state index in [4.69, 9.17) is 4.74 Å². The quantitative estimate of drug-likeness (QED) is 0.665. The maximum Gasteiger partial charge on any atom is 0.124 e. The molecule has 3 nitrogen and oxygen atoms in total. The van der Waals surface area contributed by atoms with Gasteiger partial charge in [0.2, 0.25) is 0 Å². The van der Waals surface area contributed by atoms with Crippen molar-refractivity contribution < 1.29 is 22.3 Å². The van der Waals surface area contributed by atoms with E-state index in [2.05, 4.69) is 23.5 Å². The molecule has 0 aliphatic carbocycles.